The Morgan fingerprint density at radius 2 is 1.88 bits per heavy atom. The first kappa shape index (κ1) is 13.4. The van der Waals surface area contributed by atoms with Crippen LogP contribution in [0.25, 0.3) is 0 Å². The number of aromatic nitrogens is 2. The highest BCUT2D eigenvalue weighted by Crippen LogP contribution is 2.17. The second-order valence-electron chi connectivity index (χ2n) is 3.39. The third-order valence-corrected chi connectivity index (χ3v) is 2.67. The minimum Gasteiger partial charge on any atom is -0.480 e. The number of hydrogen-bond donors (Lipinski definition) is 2. The van der Waals surface area contributed by atoms with Gasteiger partial charge in [-0.05, 0) is 6.42 Å². The van der Waals surface area contributed by atoms with Crippen LogP contribution in [0.4, 0.5) is 5.13 Å². The molecule has 1 heterocycles. The molecule has 7 nitrogen and oxygen atoms in total. The summed E-state index contributed by atoms with van der Waals surface area (Å²) in [7, 11) is 0. The molecule has 0 unspecified atom stereocenters. The average Bonchev–Trinajstić information content (AvgIpc) is 2.64. The van der Waals surface area contributed by atoms with Crippen molar-refractivity contribution in [3.8, 4) is 0 Å². The molecule has 1 aromatic rings. The number of aryl methyl sites for hydroxylation is 1. The van der Waals surface area contributed by atoms with E-state index in [-0.39, 0.29) is 0 Å². The molecule has 0 atom stereocenters. The summed E-state index contributed by atoms with van der Waals surface area (Å²) in [5.41, 5.74) is 0. The van der Waals surface area contributed by atoms with E-state index >= 15 is 0 Å². The summed E-state index contributed by atoms with van der Waals surface area (Å²) in [6.07, 6.45) is 1.58. The number of carboxylic acids is 2. The third-order valence-electron chi connectivity index (χ3n) is 1.85. The molecule has 0 aromatic carbocycles. The third kappa shape index (κ3) is 4.35. The fourth-order valence-electron chi connectivity index (χ4n) is 1.22. The van der Waals surface area contributed by atoms with E-state index in [0.717, 1.165) is 18.0 Å². The molecule has 94 valence electrons. The van der Waals surface area contributed by atoms with E-state index in [1.54, 1.807) is 0 Å². The number of rotatable bonds is 7. The van der Waals surface area contributed by atoms with E-state index in [0.29, 0.717) is 17.4 Å². The Morgan fingerprint density at radius 3 is 2.35 bits per heavy atom. The summed E-state index contributed by atoms with van der Waals surface area (Å²) in [4.78, 5) is 26.5. The van der Waals surface area contributed by atoms with Crippen molar-refractivity contribution in [2.45, 2.75) is 19.8 Å². The Balaban J connectivity index is 2.79. The van der Waals surface area contributed by atoms with E-state index in [1.165, 1.54) is 4.90 Å². The summed E-state index contributed by atoms with van der Waals surface area (Å²) < 4.78 is 4.04. The second kappa shape index (κ2) is 6.14. The SMILES string of the molecule is CCCc1nsc(N(CC(=O)O)CC(=O)O)n1. The van der Waals surface area contributed by atoms with Gasteiger partial charge in [-0.25, -0.2) is 4.98 Å². The van der Waals surface area contributed by atoms with E-state index in [2.05, 4.69) is 9.36 Å². The molecule has 0 aliphatic rings. The molecule has 1 aromatic heterocycles. The van der Waals surface area contributed by atoms with Crippen LogP contribution >= 0.6 is 11.5 Å². The van der Waals surface area contributed by atoms with Gasteiger partial charge in [0.05, 0.1) is 0 Å². The Kier molecular flexibility index (Phi) is 4.83. The van der Waals surface area contributed by atoms with Crippen molar-refractivity contribution in [1.29, 1.82) is 0 Å². The van der Waals surface area contributed by atoms with Crippen LogP contribution in [-0.4, -0.2) is 44.6 Å². The molecule has 0 fully saturated rings. The lowest BCUT2D eigenvalue weighted by Gasteiger charge is -2.15. The number of hydrogen-bond acceptors (Lipinski definition) is 6. The zero-order valence-electron chi connectivity index (χ0n) is 9.29. The number of carboxylic acid groups (broad SMARTS) is 2. The monoisotopic (exact) mass is 259 g/mol. The molecule has 0 saturated carbocycles. The number of carbonyl (C=O) groups is 2. The summed E-state index contributed by atoms with van der Waals surface area (Å²) >= 11 is 1.02. The zero-order chi connectivity index (χ0) is 12.8. The largest absolute Gasteiger partial charge is 0.480 e. The van der Waals surface area contributed by atoms with Crippen molar-refractivity contribution in [3.05, 3.63) is 5.82 Å². The van der Waals surface area contributed by atoms with Gasteiger partial charge in [-0.2, -0.15) is 4.37 Å². The number of anilines is 1. The number of aliphatic carboxylic acids is 2. The van der Waals surface area contributed by atoms with E-state index < -0.39 is 25.0 Å². The Hall–Kier alpha value is -1.70. The van der Waals surface area contributed by atoms with Crippen molar-refractivity contribution in [2.75, 3.05) is 18.0 Å². The average molecular weight is 259 g/mol. The van der Waals surface area contributed by atoms with Crippen LogP contribution in [-0.2, 0) is 16.0 Å². The fraction of sp³-hybridized carbons (Fsp3) is 0.556. The summed E-state index contributed by atoms with van der Waals surface area (Å²) in [6.45, 7) is 1.19. The standard InChI is InChI=1S/C9H13N3O4S/c1-2-3-6-10-9(17-11-6)12(4-7(13)14)5-8(15)16/h2-5H2,1H3,(H,13,14)(H,15,16). The van der Waals surface area contributed by atoms with Gasteiger partial charge in [-0.15, -0.1) is 0 Å². The van der Waals surface area contributed by atoms with Crippen LogP contribution in [0.2, 0.25) is 0 Å². The maximum atomic E-state index is 10.6. The molecule has 17 heavy (non-hydrogen) atoms. The molecule has 0 spiro atoms. The van der Waals surface area contributed by atoms with Gasteiger partial charge in [0.15, 0.2) is 0 Å². The Bertz CT molecular complexity index is 391. The highest BCUT2D eigenvalue weighted by Gasteiger charge is 2.18. The molecule has 8 heteroatoms. The van der Waals surface area contributed by atoms with Gasteiger partial charge in [0.1, 0.15) is 18.9 Å². The lowest BCUT2D eigenvalue weighted by atomic mass is 10.3. The van der Waals surface area contributed by atoms with Crippen LogP contribution in [0.3, 0.4) is 0 Å². The van der Waals surface area contributed by atoms with Gasteiger partial charge in [0.25, 0.3) is 0 Å². The zero-order valence-corrected chi connectivity index (χ0v) is 10.1. The molecule has 0 bridgehead atoms. The predicted molar refractivity (Wildman–Crippen MR) is 61.4 cm³/mol. The van der Waals surface area contributed by atoms with Gasteiger partial charge < -0.3 is 15.1 Å². The molecular formula is C9H13N3O4S. The molecule has 0 radical (unpaired) electrons. The van der Waals surface area contributed by atoms with Gasteiger partial charge in [0, 0.05) is 18.0 Å². The first-order valence-electron chi connectivity index (χ1n) is 5.04. The van der Waals surface area contributed by atoms with E-state index in [9.17, 15) is 9.59 Å². The van der Waals surface area contributed by atoms with Crippen molar-refractivity contribution in [2.24, 2.45) is 0 Å². The maximum Gasteiger partial charge on any atom is 0.323 e. The van der Waals surface area contributed by atoms with Gasteiger partial charge in [-0.1, -0.05) is 6.92 Å². The first-order valence-corrected chi connectivity index (χ1v) is 5.81. The minimum absolute atomic E-state index is 0.332. The minimum atomic E-state index is -1.10. The van der Waals surface area contributed by atoms with Gasteiger partial charge in [-0.3, -0.25) is 9.59 Å². The van der Waals surface area contributed by atoms with Crippen molar-refractivity contribution < 1.29 is 19.8 Å². The van der Waals surface area contributed by atoms with Crippen LogP contribution in [0.1, 0.15) is 19.2 Å². The smallest absolute Gasteiger partial charge is 0.323 e. The second-order valence-corrected chi connectivity index (χ2v) is 4.12. The molecule has 0 aliphatic heterocycles. The van der Waals surface area contributed by atoms with Gasteiger partial charge >= 0.3 is 11.9 Å². The molecule has 1 rings (SSSR count). The molecule has 0 saturated heterocycles. The summed E-state index contributed by atoms with van der Waals surface area (Å²) in [5.74, 6) is -1.58. The molecular weight excluding hydrogens is 246 g/mol. The normalized spacial score (nSPS) is 10.2. The lowest BCUT2D eigenvalue weighted by Crippen LogP contribution is -2.34. The first-order chi connectivity index (χ1) is 8.02. The van der Waals surface area contributed by atoms with Gasteiger partial charge in [0.2, 0.25) is 5.13 Å². The van der Waals surface area contributed by atoms with Crippen LogP contribution < -0.4 is 4.90 Å². The van der Waals surface area contributed by atoms with Crippen molar-refractivity contribution in [1.82, 2.24) is 9.36 Å². The maximum absolute atomic E-state index is 10.6. The fourth-order valence-corrected chi connectivity index (χ4v) is 1.93. The molecule has 2 N–H and O–H groups in total. The highest BCUT2D eigenvalue weighted by atomic mass is 32.1. The van der Waals surface area contributed by atoms with Crippen molar-refractivity contribution >= 4 is 28.6 Å². The van der Waals surface area contributed by atoms with Crippen LogP contribution in [0.15, 0.2) is 0 Å². The predicted octanol–water partition coefficient (Wildman–Crippen LogP) is 0.466. The van der Waals surface area contributed by atoms with Crippen molar-refractivity contribution in [3.63, 3.8) is 0 Å². The summed E-state index contributed by atoms with van der Waals surface area (Å²) in [6, 6.07) is 0. The van der Waals surface area contributed by atoms with Crippen LogP contribution in [0.5, 0.6) is 0 Å². The van der Waals surface area contributed by atoms with E-state index in [1.807, 2.05) is 6.92 Å². The van der Waals surface area contributed by atoms with E-state index in [4.69, 9.17) is 10.2 Å². The topological polar surface area (TPSA) is 104 Å². The lowest BCUT2D eigenvalue weighted by molar-refractivity contribution is -0.136. The highest BCUT2D eigenvalue weighted by molar-refractivity contribution is 7.09. The Morgan fingerprint density at radius 1 is 1.29 bits per heavy atom. The number of nitrogens with zero attached hydrogens (tertiary/aromatic N) is 3. The quantitative estimate of drug-likeness (QED) is 0.733. The molecule has 0 amide bonds. The molecule has 0 aliphatic carbocycles. The Labute approximate surface area is 102 Å². The summed E-state index contributed by atoms with van der Waals surface area (Å²) in [5, 5.41) is 17.7. The van der Waals surface area contributed by atoms with Crippen LogP contribution in [0, 0.1) is 0 Å².